The summed E-state index contributed by atoms with van der Waals surface area (Å²) in [5.41, 5.74) is 4.96. The van der Waals surface area contributed by atoms with Gasteiger partial charge in [0.2, 0.25) is 10.0 Å². The van der Waals surface area contributed by atoms with Crippen molar-refractivity contribution in [2.45, 2.75) is 42.0 Å². The summed E-state index contributed by atoms with van der Waals surface area (Å²) in [7, 11) is -5.52. The summed E-state index contributed by atoms with van der Waals surface area (Å²) in [5, 5.41) is 0. The molecule has 0 radical (unpaired) electrons. The molecule has 0 saturated carbocycles. The van der Waals surface area contributed by atoms with Crippen LogP contribution in [0.25, 0.3) is 0 Å². The van der Waals surface area contributed by atoms with Gasteiger partial charge in [0.1, 0.15) is 4.90 Å². The summed E-state index contributed by atoms with van der Waals surface area (Å²) in [5.74, 6) is 0. The van der Waals surface area contributed by atoms with Crippen molar-refractivity contribution < 1.29 is 16.8 Å². The molecule has 0 unspecified atom stereocenters. The zero-order valence-corrected chi connectivity index (χ0v) is 20.5. The number of rotatable bonds is 5. The molecule has 1 atom stereocenters. The molecule has 1 fully saturated rings. The predicted molar refractivity (Wildman–Crippen MR) is 127 cm³/mol. The highest BCUT2D eigenvalue weighted by atomic mass is 32.2. The van der Waals surface area contributed by atoms with E-state index in [1.807, 2.05) is 0 Å². The maximum Gasteiger partial charge on any atom is 0.242 e. The van der Waals surface area contributed by atoms with E-state index in [1.54, 1.807) is 6.07 Å². The van der Waals surface area contributed by atoms with Crippen molar-refractivity contribution in [1.29, 1.82) is 0 Å². The van der Waals surface area contributed by atoms with Crippen LogP contribution in [0.15, 0.2) is 46.2 Å². The number of hydrogen-bond acceptors (Lipinski definition) is 6. The van der Waals surface area contributed by atoms with Crippen LogP contribution in [0.2, 0.25) is 0 Å². The van der Waals surface area contributed by atoms with Crippen molar-refractivity contribution >= 4 is 25.5 Å². The van der Waals surface area contributed by atoms with Gasteiger partial charge in [-0.05, 0) is 68.1 Å². The molecule has 4 rings (SSSR count). The molecule has 1 saturated heterocycles. The Morgan fingerprint density at radius 2 is 1.56 bits per heavy atom. The summed E-state index contributed by atoms with van der Waals surface area (Å²) < 4.78 is 53.4. The summed E-state index contributed by atoms with van der Waals surface area (Å²) in [6, 6.07) is 9.83. The van der Waals surface area contributed by atoms with Gasteiger partial charge in [-0.25, -0.2) is 21.6 Å². The van der Waals surface area contributed by atoms with Crippen molar-refractivity contribution in [3.8, 4) is 0 Å². The Morgan fingerprint density at radius 1 is 0.906 bits per heavy atom. The van der Waals surface area contributed by atoms with Crippen LogP contribution in [0.1, 0.15) is 23.1 Å². The van der Waals surface area contributed by atoms with Crippen molar-refractivity contribution in [3.63, 3.8) is 0 Å². The third kappa shape index (κ3) is 4.71. The molecule has 1 heterocycles. The quantitative estimate of drug-likeness (QED) is 0.709. The first-order valence-corrected chi connectivity index (χ1v) is 14.3. The van der Waals surface area contributed by atoms with E-state index in [1.165, 1.54) is 40.6 Å². The van der Waals surface area contributed by atoms with Gasteiger partial charge in [0, 0.05) is 44.2 Å². The van der Waals surface area contributed by atoms with E-state index < -0.39 is 19.9 Å². The zero-order valence-electron chi connectivity index (χ0n) is 18.8. The first kappa shape index (κ1) is 23.2. The van der Waals surface area contributed by atoms with Crippen molar-refractivity contribution in [2.75, 3.05) is 44.4 Å². The Labute approximate surface area is 191 Å². The molecule has 32 heavy (non-hydrogen) atoms. The third-order valence-electron chi connectivity index (χ3n) is 6.54. The van der Waals surface area contributed by atoms with Crippen LogP contribution >= 0.6 is 0 Å². The monoisotopic (exact) mass is 477 g/mol. The van der Waals surface area contributed by atoms with Gasteiger partial charge < -0.3 is 9.80 Å². The highest BCUT2D eigenvalue weighted by Gasteiger charge is 2.30. The number of likely N-dealkylation sites (N-methyl/N-ethyl adjacent to an activating group) is 1. The zero-order chi connectivity index (χ0) is 23.1. The van der Waals surface area contributed by atoms with Crippen LogP contribution in [0.5, 0.6) is 0 Å². The smallest absolute Gasteiger partial charge is 0.242 e. The second-order valence-corrected chi connectivity index (χ2v) is 12.6. The average Bonchev–Trinajstić information content (AvgIpc) is 2.74. The number of anilines is 1. The number of nitrogens with zero attached hydrogens (tertiary/aromatic N) is 2. The van der Waals surface area contributed by atoms with Crippen LogP contribution in [0, 0.1) is 6.92 Å². The van der Waals surface area contributed by atoms with Gasteiger partial charge in [-0.15, -0.1) is 0 Å². The van der Waals surface area contributed by atoms with Crippen molar-refractivity contribution in [1.82, 2.24) is 9.62 Å². The molecule has 2 aromatic carbocycles. The summed E-state index contributed by atoms with van der Waals surface area (Å²) in [4.78, 5) is 4.36. The van der Waals surface area contributed by atoms with E-state index in [2.05, 4.69) is 40.6 Å². The van der Waals surface area contributed by atoms with E-state index in [4.69, 9.17) is 0 Å². The summed E-state index contributed by atoms with van der Waals surface area (Å²) in [6.07, 6.45) is 3.10. The Balaban J connectivity index is 1.62. The number of fused-ring (bicyclic) bond motifs is 1. The van der Waals surface area contributed by atoms with E-state index in [0.717, 1.165) is 38.9 Å². The first-order valence-electron chi connectivity index (χ1n) is 10.9. The fourth-order valence-corrected chi connectivity index (χ4v) is 7.65. The maximum absolute atomic E-state index is 13.2. The number of sulfonamides is 1. The molecule has 0 spiro atoms. The minimum absolute atomic E-state index is 0.169. The van der Waals surface area contributed by atoms with E-state index in [-0.39, 0.29) is 15.8 Å². The molecule has 1 N–H and O–H groups in total. The Morgan fingerprint density at radius 3 is 2.22 bits per heavy atom. The van der Waals surface area contributed by atoms with Crippen LogP contribution in [0.4, 0.5) is 5.69 Å². The average molecular weight is 478 g/mol. The van der Waals surface area contributed by atoms with E-state index in [9.17, 15) is 16.8 Å². The fourth-order valence-electron chi connectivity index (χ4n) is 4.75. The van der Waals surface area contributed by atoms with Crippen LogP contribution in [-0.2, 0) is 32.7 Å². The standard InChI is InChI=1S/C23H31N3O4S2/c1-17-8-11-21(26-14-12-25(2)13-15-26)20-16-18(9-10-19(17)20)24-32(29,30)23-7-5-4-6-22(23)31(3,27)28/h4-8,11,18,24H,9-10,12-16H2,1-3H3/t18-/m1/s1. The lowest BCUT2D eigenvalue weighted by Gasteiger charge is -2.37. The molecule has 1 aliphatic heterocycles. The van der Waals surface area contributed by atoms with Gasteiger partial charge in [0.15, 0.2) is 9.84 Å². The van der Waals surface area contributed by atoms with Gasteiger partial charge in [-0.3, -0.25) is 0 Å². The van der Waals surface area contributed by atoms with Crippen LogP contribution in [-0.4, -0.2) is 67.3 Å². The van der Waals surface area contributed by atoms with E-state index >= 15 is 0 Å². The molecule has 174 valence electrons. The molecular formula is C23H31N3O4S2. The number of benzene rings is 2. The Bertz CT molecular complexity index is 1220. The molecule has 2 aromatic rings. The predicted octanol–water partition coefficient (Wildman–Crippen LogP) is 1.99. The van der Waals surface area contributed by atoms with Gasteiger partial charge in [-0.2, -0.15) is 0 Å². The minimum Gasteiger partial charge on any atom is -0.369 e. The molecular weight excluding hydrogens is 446 g/mol. The second-order valence-electron chi connectivity index (χ2n) is 8.93. The molecule has 0 bridgehead atoms. The van der Waals surface area contributed by atoms with Crippen LogP contribution in [0.3, 0.4) is 0 Å². The molecule has 0 aromatic heterocycles. The molecule has 7 nitrogen and oxygen atoms in total. The fraction of sp³-hybridized carbons (Fsp3) is 0.478. The van der Waals surface area contributed by atoms with E-state index in [0.29, 0.717) is 12.8 Å². The molecule has 9 heteroatoms. The van der Waals surface area contributed by atoms with Crippen molar-refractivity contribution in [2.24, 2.45) is 0 Å². The Hall–Kier alpha value is -1.94. The SMILES string of the molecule is Cc1ccc(N2CCN(C)CC2)c2c1CC[C@@H](NS(=O)(=O)c1ccccc1S(C)(=O)=O)C2. The highest BCUT2D eigenvalue weighted by molar-refractivity contribution is 7.93. The number of hydrogen-bond donors (Lipinski definition) is 1. The lowest BCUT2D eigenvalue weighted by molar-refractivity contribution is 0.312. The lowest BCUT2D eigenvalue weighted by atomic mass is 9.84. The third-order valence-corrected chi connectivity index (χ3v) is 9.40. The molecule has 0 amide bonds. The highest BCUT2D eigenvalue weighted by Crippen LogP contribution is 2.34. The minimum atomic E-state index is -3.98. The molecule has 2 aliphatic rings. The number of piperazine rings is 1. The van der Waals surface area contributed by atoms with Gasteiger partial charge in [-0.1, -0.05) is 18.2 Å². The van der Waals surface area contributed by atoms with Gasteiger partial charge in [0.25, 0.3) is 0 Å². The maximum atomic E-state index is 13.2. The topological polar surface area (TPSA) is 86.8 Å². The van der Waals surface area contributed by atoms with Gasteiger partial charge >= 0.3 is 0 Å². The van der Waals surface area contributed by atoms with Crippen LogP contribution < -0.4 is 9.62 Å². The second kappa shape index (κ2) is 8.78. The van der Waals surface area contributed by atoms with Gasteiger partial charge in [0.05, 0.1) is 4.90 Å². The summed E-state index contributed by atoms with van der Waals surface area (Å²) in [6.45, 7) is 6.01. The normalized spacial score (nSPS) is 20.2. The van der Waals surface area contributed by atoms with Crippen molar-refractivity contribution in [3.05, 3.63) is 53.1 Å². The largest absolute Gasteiger partial charge is 0.369 e. The lowest BCUT2D eigenvalue weighted by Crippen LogP contribution is -2.45. The first-order chi connectivity index (χ1) is 15.1. The number of nitrogens with one attached hydrogen (secondary N) is 1. The number of sulfone groups is 1. The summed E-state index contributed by atoms with van der Waals surface area (Å²) >= 11 is 0. The Kier molecular flexibility index (Phi) is 6.37. The molecule has 1 aliphatic carbocycles. The number of aryl methyl sites for hydroxylation is 1.